The van der Waals surface area contributed by atoms with Crippen LogP contribution in [0.25, 0.3) is 0 Å². The molecule has 1 fully saturated rings. The SMILES string of the molecule is CCOCC(=O)N[C@@H]1CCCN(c2ccc(F)cc2C)C1. The zero-order valence-electron chi connectivity index (χ0n) is 12.7. The van der Waals surface area contributed by atoms with Crippen LogP contribution in [-0.4, -0.2) is 38.3 Å². The summed E-state index contributed by atoms with van der Waals surface area (Å²) in [4.78, 5) is 13.9. The third kappa shape index (κ3) is 4.43. The van der Waals surface area contributed by atoms with Gasteiger partial charge in [-0.1, -0.05) is 0 Å². The van der Waals surface area contributed by atoms with Gasteiger partial charge in [0.1, 0.15) is 12.4 Å². The number of amides is 1. The largest absolute Gasteiger partial charge is 0.372 e. The molecule has 1 amide bonds. The smallest absolute Gasteiger partial charge is 0.246 e. The van der Waals surface area contributed by atoms with E-state index in [2.05, 4.69) is 10.2 Å². The van der Waals surface area contributed by atoms with Gasteiger partial charge in [-0.2, -0.15) is 0 Å². The lowest BCUT2D eigenvalue weighted by atomic mass is 10.0. The number of aryl methyl sites for hydroxylation is 1. The van der Waals surface area contributed by atoms with Crippen LogP contribution in [0.4, 0.5) is 10.1 Å². The van der Waals surface area contributed by atoms with Gasteiger partial charge in [-0.15, -0.1) is 0 Å². The monoisotopic (exact) mass is 294 g/mol. The molecule has 1 aromatic rings. The highest BCUT2D eigenvalue weighted by Gasteiger charge is 2.22. The molecule has 0 spiro atoms. The normalized spacial score (nSPS) is 18.6. The predicted molar refractivity (Wildman–Crippen MR) is 81.0 cm³/mol. The number of carbonyl (C=O) groups excluding carboxylic acids is 1. The van der Waals surface area contributed by atoms with Crippen LogP contribution >= 0.6 is 0 Å². The van der Waals surface area contributed by atoms with Crippen LogP contribution < -0.4 is 10.2 Å². The highest BCUT2D eigenvalue weighted by Crippen LogP contribution is 2.24. The molecule has 5 heteroatoms. The molecule has 4 nitrogen and oxygen atoms in total. The maximum Gasteiger partial charge on any atom is 0.246 e. The first-order chi connectivity index (χ1) is 10.1. The third-order valence-electron chi connectivity index (χ3n) is 3.72. The average molecular weight is 294 g/mol. The zero-order valence-corrected chi connectivity index (χ0v) is 12.7. The lowest BCUT2D eigenvalue weighted by Gasteiger charge is -2.35. The maximum atomic E-state index is 13.2. The molecule has 1 saturated heterocycles. The Morgan fingerprint density at radius 2 is 2.33 bits per heavy atom. The van der Waals surface area contributed by atoms with Crippen LogP contribution in [0.5, 0.6) is 0 Å². The minimum absolute atomic E-state index is 0.0699. The van der Waals surface area contributed by atoms with Gasteiger partial charge in [0.2, 0.25) is 5.91 Å². The number of benzene rings is 1. The predicted octanol–water partition coefficient (Wildman–Crippen LogP) is 2.26. The van der Waals surface area contributed by atoms with Gasteiger partial charge < -0.3 is 15.0 Å². The fourth-order valence-corrected chi connectivity index (χ4v) is 2.75. The molecule has 0 aromatic heterocycles. The molecule has 0 saturated carbocycles. The Morgan fingerprint density at radius 3 is 3.05 bits per heavy atom. The van der Waals surface area contributed by atoms with Gasteiger partial charge in [-0.25, -0.2) is 4.39 Å². The fraction of sp³-hybridized carbons (Fsp3) is 0.562. The van der Waals surface area contributed by atoms with Crippen LogP contribution in [0.3, 0.4) is 0 Å². The fourth-order valence-electron chi connectivity index (χ4n) is 2.75. The first-order valence-electron chi connectivity index (χ1n) is 7.48. The van der Waals surface area contributed by atoms with E-state index in [0.29, 0.717) is 6.61 Å². The lowest BCUT2D eigenvalue weighted by Crippen LogP contribution is -2.48. The number of hydrogen-bond acceptors (Lipinski definition) is 3. The Morgan fingerprint density at radius 1 is 1.52 bits per heavy atom. The molecule has 2 rings (SSSR count). The average Bonchev–Trinajstić information content (AvgIpc) is 2.45. The molecule has 1 atom stereocenters. The number of piperidine rings is 1. The van der Waals surface area contributed by atoms with Crippen molar-refractivity contribution in [3.63, 3.8) is 0 Å². The van der Waals surface area contributed by atoms with Crippen LogP contribution in [-0.2, 0) is 9.53 Å². The Hall–Kier alpha value is -1.62. The van der Waals surface area contributed by atoms with Crippen LogP contribution in [0.15, 0.2) is 18.2 Å². The highest BCUT2D eigenvalue weighted by atomic mass is 19.1. The van der Waals surface area contributed by atoms with Crippen molar-refractivity contribution in [3.8, 4) is 0 Å². The first kappa shape index (κ1) is 15.8. The second-order valence-electron chi connectivity index (χ2n) is 5.42. The molecule has 1 N–H and O–H groups in total. The van der Waals surface area contributed by atoms with Crippen molar-refractivity contribution < 1.29 is 13.9 Å². The van der Waals surface area contributed by atoms with Crippen LogP contribution in [0.2, 0.25) is 0 Å². The molecule has 21 heavy (non-hydrogen) atoms. The molecular formula is C16H23FN2O2. The number of carbonyl (C=O) groups is 1. The van der Waals surface area contributed by atoms with E-state index in [9.17, 15) is 9.18 Å². The Balaban J connectivity index is 1.95. The molecule has 0 radical (unpaired) electrons. The number of rotatable bonds is 5. The molecule has 1 aliphatic rings. The van der Waals surface area contributed by atoms with Crippen molar-refractivity contribution in [3.05, 3.63) is 29.6 Å². The van der Waals surface area contributed by atoms with Gasteiger partial charge in [0, 0.05) is 31.4 Å². The molecule has 1 aliphatic heterocycles. The summed E-state index contributed by atoms with van der Waals surface area (Å²) in [5.41, 5.74) is 1.97. The molecule has 0 aliphatic carbocycles. The van der Waals surface area contributed by atoms with E-state index in [1.165, 1.54) is 6.07 Å². The topological polar surface area (TPSA) is 41.6 Å². The third-order valence-corrected chi connectivity index (χ3v) is 3.72. The second-order valence-corrected chi connectivity index (χ2v) is 5.42. The summed E-state index contributed by atoms with van der Waals surface area (Å²) in [6.07, 6.45) is 1.98. The number of hydrogen-bond donors (Lipinski definition) is 1. The van der Waals surface area contributed by atoms with Crippen molar-refractivity contribution in [2.75, 3.05) is 31.2 Å². The van der Waals surface area contributed by atoms with Gasteiger partial charge in [0.15, 0.2) is 0 Å². The van der Waals surface area contributed by atoms with Gasteiger partial charge in [0.25, 0.3) is 0 Å². The Labute approximate surface area is 125 Å². The van der Waals surface area contributed by atoms with Gasteiger partial charge in [-0.3, -0.25) is 4.79 Å². The number of nitrogens with one attached hydrogen (secondary N) is 1. The van der Waals surface area contributed by atoms with E-state index in [-0.39, 0.29) is 24.4 Å². The summed E-state index contributed by atoms with van der Waals surface area (Å²) in [7, 11) is 0. The van der Waals surface area contributed by atoms with Gasteiger partial charge >= 0.3 is 0 Å². The van der Waals surface area contributed by atoms with Gasteiger partial charge in [0.05, 0.1) is 0 Å². The van der Waals surface area contributed by atoms with Crippen molar-refractivity contribution in [2.24, 2.45) is 0 Å². The molecular weight excluding hydrogens is 271 g/mol. The van der Waals surface area contributed by atoms with E-state index in [1.54, 1.807) is 6.07 Å². The summed E-state index contributed by atoms with van der Waals surface area (Å²) in [5, 5.41) is 3.00. The molecule has 0 bridgehead atoms. The van der Waals surface area contributed by atoms with E-state index in [0.717, 1.165) is 37.2 Å². The minimum Gasteiger partial charge on any atom is -0.372 e. The van der Waals surface area contributed by atoms with E-state index < -0.39 is 0 Å². The first-order valence-corrected chi connectivity index (χ1v) is 7.48. The summed E-state index contributed by atoms with van der Waals surface area (Å²) in [5.74, 6) is -0.283. The van der Waals surface area contributed by atoms with E-state index in [4.69, 9.17) is 4.74 Å². The molecule has 1 heterocycles. The minimum atomic E-state index is -0.213. The quantitative estimate of drug-likeness (QED) is 0.905. The van der Waals surface area contributed by atoms with Crippen LogP contribution in [0.1, 0.15) is 25.3 Å². The highest BCUT2D eigenvalue weighted by molar-refractivity contribution is 5.77. The van der Waals surface area contributed by atoms with E-state index in [1.807, 2.05) is 19.9 Å². The summed E-state index contributed by atoms with van der Waals surface area (Å²) in [6.45, 7) is 6.12. The summed E-state index contributed by atoms with van der Waals surface area (Å²) in [6, 6.07) is 4.97. The zero-order chi connectivity index (χ0) is 15.2. The van der Waals surface area contributed by atoms with Crippen LogP contribution in [0, 0.1) is 12.7 Å². The molecule has 1 aromatic carbocycles. The lowest BCUT2D eigenvalue weighted by molar-refractivity contribution is -0.126. The Kier molecular flexibility index (Phi) is 5.56. The van der Waals surface area contributed by atoms with E-state index >= 15 is 0 Å². The van der Waals surface area contributed by atoms with Gasteiger partial charge in [-0.05, 0) is 50.5 Å². The van der Waals surface area contributed by atoms with Crippen molar-refractivity contribution in [2.45, 2.75) is 32.7 Å². The summed E-state index contributed by atoms with van der Waals surface area (Å²) < 4.78 is 18.3. The molecule has 116 valence electrons. The van der Waals surface area contributed by atoms with Crippen molar-refractivity contribution in [1.29, 1.82) is 0 Å². The maximum absolute atomic E-state index is 13.2. The number of anilines is 1. The number of ether oxygens (including phenoxy) is 1. The standard InChI is InChI=1S/C16H23FN2O2/c1-3-21-11-16(20)18-14-5-4-8-19(10-14)15-7-6-13(17)9-12(15)2/h6-7,9,14H,3-5,8,10-11H2,1-2H3,(H,18,20)/t14-/m1/s1. The molecule has 0 unspecified atom stereocenters. The summed E-state index contributed by atoms with van der Waals surface area (Å²) >= 11 is 0. The second kappa shape index (κ2) is 7.41. The Bertz CT molecular complexity index is 493. The number of halogens is 1. The van der Waals surface area contributed by atoms with Crippen molar-refractivity contribution in [1.82, 2.24) is 5.32 Å². The number of nitrogens with zero attached hydrogens (tertiary/aromatic N) is 1. The van der Waals surface area contributed by atoms with Crippen molar-refractivity contribution >= 4 is 11.6 Å².